The number of halogens is 4. The zero-order valence-electron chi connectivity index (χ0n) is 19.7. The van der Waals surface area contributed by atoms with Crippen LogP contribution in [0, 0.1) is 3.57 Å². The molecule has 2 aromatic rings. The second-order valence-corrected chi connectivity index (χ2v) is 10.8. The number of likely N-dealkylation sites (tertiary alicyclic amines) is 1. The van der Waals surface area contributed by atoms with Crippen molar-refractivity contribution < 1.29 is 27.9 Å². The van der Waals surface area contributed by atoms with E-state index in [2.05, 4.69) is 38.1 Å². The van der Waals surface area contributed by atoms with Crippen LogP contribution in [0.15, 0.2) is 48.5 Å². The van der Waals surface area contributed by atoms with Crippen molar-refractivity contribution in [3.8, 4) is 0 Å². The quantitative estimate of drug-likeness (QED) is 0.429. The molecule has 194 valence electrons. The third-order valence-electron chi connectivity index (χ3n) is 7.13. The minimum atomic E-state index is -4.54. The Morgan fingerprint density at radius 3 is 2.44 bits per heavy atom. The first-order chi connectivity index (χ1) is 17.0. The highest BCUT2D eigenvalue weighted by atomic mass is 127. The number of carbonyl (C=O) groups excluding carboxylic acids is 2. The molecule has 0 radical (unpaired) electrons. The lowest BCUT2D eigenvalue weighted by molar-refractivity contribution is -0.137. The van der Waals surface area contributed by atoms with Crippen molar-refractivity contribution in [1.82, 2.24) is 15.5 Å². The minimum Gasteiger partial charge on any atom is -0.385 e. The van der Waals surface area contributed by atoms with Crippen LogP contribution in [0.5, 0.6) is 0 Å². The van der Waals surface area contributed by atoms with Gasteiger partial charge in [0.25, 0.3) is 5.91 Å². The maximum atomic E-state index is 12.9. The SMILES string of the molecule is O=C(CNC(=O)c1cccc(C(F)(F)F)c1)NC1CCN(C2CCC(O)(c3ccc(I)cc3)CC2)C1. The highest BCUT2D eigenvalue weighted by Crippen LogP contribution is 2.39. The number of nitrogens with one attached hydrogen (secondary N) is 2. The van der Waals surface area contributed by atoms with E-state index >= 15 is 0 Å². The molecule has 1 aliphatic carbocycles. The van der Waals surface area contributed by atoms with Crippen LogP contribution in [0.4, 0.5) is 13.2 Å². The predicted molar refractivity (Wildman–Crippen MR) is 137 cm³/mol. The van der Waals surface area contributed by atoms with Gasteiger partial charge in [-0.25, -0.2) is 0 Å². The van der Waals surface area contributed by atoms with Crippen molar-refractivity contribution in [1.29, 1.82) is 0 Å². The van der Waals surface area contributed by atoms with Crippen molar-refractivity contribution in [2.24, 2.45) is 0 Å². The second-order valence-electron chi connectivity index (χ2n) is 9.58. The average Bonchev–Trinajstić information content (AvgIpc) is 3.31. The van der Waals surface area contributed by atoms with Gasteiger partial charge in [0, 0.05) is 34.3 Å². The summed E-state index contributed by atoms with van der Waals surface area (Å²) in [5.74, 6) is -1.11. The van der Waals surface area contributed by atoms with E-state index in [9.17, 15) is 27.9 Å². The first-order valence-electron chi connectivity index (χ1n) is 12.0. The van der Waals surface area contributed by atoms with E-state index in [-0.39, 0.29) is 24.1 Å². The fraction of sp³-hybridized carbons (Fsp3) is 0.462. The smallest absolute Gasteiger partial charge is 0.385 e. The topological polar surface area (TPSA) is 81.7 Å². The van der Waals surface area contributed by atoms with E-state index in [1.807, 2.05) is 24.3 Å². The molecule has 0 aromatic heterocycles. The summed E-state index contributed by atoms with van der Waals surface area (Å²) in [6, 6.07) is 12.4. The monoisotopic (exact) mass is 615 g/mol. The van der Waals surface area contributed by atoms with Gasteiger partial charge in [0.1, 0.15) is 0 Å². The molecule has 1 aliphatic heterocycles. The summed E-state index contributed by atoms with van der Waals surface area (Å²) in [4.78, 5) is 26.9. The molecule has 1 heterocycles. The van der Waals surface area contributed by atoms with E-state index in [0.717, 1.165) is 53.1 Å². The largest absolute Gasteiger partial charge is 0.416 e. The Hall–Kier alpha value is -2.18. The molecule has 36 heavy (non-hydrogen) atoms. The van der Waals surface area contributed by atoms with Gasteiger partial charge in [-0.3, -0.25) is 14.5 Å². The van der Waals surface area contributed by atoms with Gasteiger partial charge < -0.3 is 15.7 Å². The standard InChI is InChI=1S/C26H29F3IN3O3/c27-26(28,29)19-3-1-2-17(14-19)24(35)31-15-23(34)32-21-10-13-33(16-21)22-8-11-25(36,12-9-22)18-4-6-20(30)7-5-18/h1-7,14,21-22,36H,8-13,15-16H2,(H,31,35)(H,32,34). The molecule has 10 heteroatoms. The second kappa shape index (κ2) is 11.1. The fourth-order valence-electron chi connectivity index (χ4n) is 5.11. The van der Waals surface area contributed by atoms with Crippen LogP contribution < -0.4 is 10.6 Å². The van der Waals surface area contributed by atoms with Gasteiger partial charge in [-0.05, 0) is 90.6 Å². The normalized spacial score (nSPS) is 24.9. The summed E-state index contributed by atoms with van der Waals surface area (Å²) in [5.41, 5.74) is -0.899. The number of benzene rings is 2. The van der Waals surface area contributed by atoms with E-state index in [0.29, 0.717) is 25.4 Å². The number of carbonyl (C=O) groups is 2. The Balaban J connectivity index is 1.21. The zero-order chi connectivity index (χ0) is 25.9. The van der Waals surface area contributed by atoms with Crippen LogP contribution in [0.25, 0.3) is 0 Å². The Kier molecular flexibility index (Phi) is 8.25. The number of hydrogen-bond donors (Lipinski definition) is 3. The molecule has 0 spiro atoms. The molecule has 2 fully saturated rings. The Morgan fingerprint density at radius 2 is 1.78 bits per heavy atom. The zero-order valence-corrected chi connectivity index (χ0v) is 21.8. The highest BCUT2D eigenvalue weighted by molar-refractivity contribution is 14.1. The van der Waals surface area contributed by atoms with Gasteiger partial charge in [-0.2, -0.15) is 13.2 Å². The van der Waals surface area contributed by atoms with Crippen molar-refractivity contribution in [2.75, 3.05) is 19.6 Å². The molecule has 2 aromatic carbocycles. The maximum Gasteiger partial charge on any atom is 0.416 e. The molecule has 1 saturated heterocycles. The van der Waals surface area contributed by atoms with Gasteiger partial charge in [-0.15, -0.1) is 0 Å². The van der Waals surface area contributed by atoms with E-state index in [1.54, 1.807) is 0 Å². The van der Waals surface area contributed by atoms with Crippen molar-refractivity contribution in [3.05, 3.63) is 68.8 Å². The summed E-state index contributed by atoms with van der Waals surface area (Å²) < 4.78 is 39.7. The first-order valence-corrected chi connectivity index (χ1v) is 13.1. The third-order valence-corrected chi connectivity index (χ3v) is 7.85. The van der Waals surface area contributed by atoms with Crippen LogP contribution >= 0.6 is 22.6 Å². The summed E-state index contributed by atoms with van der Waals surface area (Å²) in [6.45, 7) is 1.23. The summed E-state index contributed by atoms with van der Waals surface area (Å²) >= 11 is 2.25. The fourth-order valence-corrected chi connectivity index (χ4v) is 5.47. The summed E-state index contributed by atoms with van der Waals surface area (Å²) in [5, 5.41) is 16.4. The first kappa shape index (κ1) is 26.9. The van der Waals surface area contributed by atoms with Gasteiger partial charge in [0.15, 0.2) is 0 Å². The molecule has 2 aliphatic rings. The van der Waals surface area contributed by atoms with Crippen LogP contribution in [0.3, 0.4) is 0 Å². The lowest BCUT2D eigenvalue weighted by Gasteiger charge is -2.40. The van der Waals surface area contributed by atoms with E-state index in [4.69, 9.17) is 0 Å². The molecular formula is C26H29F3IN3O3. The Labute approximate surface area is 221 Å². The third kappa shape index (κ3) is 6.57. The van der Waals surface area contributed by atoms with E-state index in [1.165, 1.54) is 6.07 Å². The van der Waals surface area contributed by atoms with Crippen LogP contribution in [0.2, 0.25) is 0 Å². The number of amides is 2. The molecule has 1 unspecified atom stereocenters. The average molecular weight is 615 g/mol. The molecule has 0 bridgehead atoms. The predicted octanol–water partition coefficient (Wildman–Crippen LogP) is 4.06. The van der Waals surface area contributed by atoms with Crippen LogP contribution in [0.1, 0.15) is 53.6 Å². The molecule has 4 rings (SSSR count). The van der Waals surface area contributed by atoms with Crippen molar-refractivity contribution in [2.45, 2.75) is 56.0 Å². The van der Waals surface area contributed by atoms with Gasteiger partial charge in [0.2, 0.25) is 5.91 Å². The number of hydrogen-bond acceptors (Lipinski definition) is 4. The van der Waals surface area contributed by atoms with E-state index < -0.39 is 23.2 Å². The molecule has 1 saturated carbocycles. The highest BCUT2D eigenvalue weighted by Gasteiger charge is 2.38. The van der Waals surface area contributed by atoms with Crippen LogP contribution in [-0.4, -0.2) is 53.5 Å². The lowest BCUT2D eigenvalue weighted by atomic mass is 9.77. The van der Waals surface area contributed by atoms with Gasteiger partial charge in [0.05, 0.1) is 17.7 Å². The number of nitrogens with zero attached hydrogens (tertiary/aromatic N) is 1. The van der Waals surface area contributed by atoms with Gasteiger partial charge >= 0.3 is 6.18 Å². The summed E-state index contributed by atoms with van der Waals surface area (Å²) in [7, 11) is 0. The van der Waals surface area contributed by atoms with Crippen molar-refractivity contribution in [3.63, 3.8) is 0 Å². The molecule has 1 atom stereocenters. The molecule has 3 N–H and O–H groups in total. The Bertz CT molecular complexity index is 1090. The van der Waals surface area contributed by atoms with Crippen molar-refractivity contribution >= 4 is 34.4 Å². The summed E-state index contributed by atoms with van der Waals surface area (Å²) in [6.07, 6.45) is -0.641. The van der Waals surface area contributed by atoms with Crippen LogP contribution in [-0.2, 0) is 16.6 Å². The maximum absolute atomic E-state index is 12.9. The lowest BCUT2D eigenvalue weighted by Crippen LogP contribution is -2.45. The molecular weight excluding hydrogens is 586 g/mol. The Morgan fingerprint density at radius 1 is 1.08 bits per heavy atom. The van der Waals surface area contributed by atoms with Gasteiger partial charge in [-0.1, -0.05) is 18.2 Å². The number of alkyl halides is 3. The minimum absolute atomic E-state index is 0.0556. The number of rotatable bonds is 6. The molecule has 6 nitrogen and oxygen atoms in total. The molecule has 2 amide bonds. The number of aliphatic hydroxyl groups is 1.